The van der Waals surface area contributed by atoms with Crippen LogP contribution in [-0.2, 0) is 14.4 Å². The Morgan fingerprint density at radius 2 is 1.65 bits per heavy atom. The van der Waals surface area contributed by atoms with Gasteiger partial charge in [0.2, 0.25) is 17.7 Å². The Balaban J connectivity index is 1.88. The Morgan fingerprint density at radius 1 is 1.04 bits per heavy atom. The van der Waals surface area contributed by atoms with Crippen LogP contribution in [0, 0.1) is 5.92 Å². The zero-order valence-electron chi connectivity index (χ0n) is 13.7. The molecule has 1 aromatic carbocycles. The summed E-state index contributed by atoms with van der Waals surface area (Å²) >= 11 is 0. The maximum atomic E-state index is 12.0. The molecule has 0 saturated heterocycles. The third kappa shape index (κ3) is 5.09. The molecule has 124 valence electrons. The standard InChI is InChI=1S/C17H23N3O3/c1-10(19-16(22)11(2)18-12(3)21)13-6-8-15(9-7-13)20-17(23)14-4-5-14/h6-11,14H,4-5H2,1-3H3,(H,18,21)(H,19,22)(H,20,23)/t10-,11+/m0/s1. The number of amides is 3. The predicted octanol–water partition coefficient (Wildman–Crippen LogP) is 1.74. The minimum absolute atomic E-state index is 0.0724. The van der Waals surface area contributed by atoms with E-state index in [-0.39, 0.29) is 29.7 Å². The van der Waals surface area contributed by atoms with Crippen LogP contribution in [0.4, 0.5) is 5.69 Å². The number of hydrogen-bond acceptors (Lipinski definition) is 3. The molecule has 6 nitrogen and oxygen atoms in total. The van der Waals surface area contributed by atoms with Gasteiger partial charge in [-0.2, -0.15) is 0 Å². The van der Waals surface area contributed by atoms with Gasteiger partial charge in [-0.05, 0) is 44.4 Å². The zero-order chi connectivity index (χ0) is 17.0. The van der Waals surface area contributed by atoms with Crippen molar-refractivity contribution in [2.45, 2.75) is 45.7 Å². The van der Waals surface area contributed by atoms with E-state index in [1.165, 1.54) is 6.92 Å². The second-order valence-electron chi connectivity index (χ2n) is 6.04. The lowest BCUT2D eigenvalue weighted by molar-refractivity contribution is -0.128. The van der Waals surface area contributed by atoms with Gasteiger partial charge < -0.3 is 16.0 Å². The lowest BCUT2D eigenvalue weighted by atomic mass is 10.1. The highest BCUT2D eigenvalue weighted by atomic mass is 16.2. The molecule has 1 fully saturated rings. The Morgan fingerprint density at radius 3 is 2.17 bits per heavy atom. The van der Waals surface area contributed by atoms with Crippen molar-refractivity contribution in [3.63, 3.8) is 0 Å². The van der Waals surface area contributed by atoms with Crippen molar-refractivity contribution < 1.29 is 14.4 Å². The zero-order valence-corrected chi connectivity index (χ0v) is 13.7. The summed E-state index contributed by atoms with van der Waals surface area (Å²) in [5, 5.41) is 8.27. The molecule has 0 spiro atoms. The monoisotopic (exact) mass is 317 g/mol. The first kappa shape index (κ1) is 17.0. The van der Waals surface area contributed by atoms with Crippen LogP contribution in [0.3, 0.4) is 0 Å². The van der Waals surface area contributed by atoms with Crippen LogP contribution in [0.5, 0.6) is 0 Å². The third-order valence-electron chi connectivity index (χ3n) is 3.80. The van der Waals surface area contributed by atoms with Crippen LogP contribution in [-0.4, -0.2) is 23.8 Å². The van der Waals surface area contributed by atoms with E-state index in [0.29, 0.717) is 0 Å². The molecule has 2 rings (SSSR count). The summed E-state index contributed by atoms with van der Waals surface area (Å²) in [5.74, 6) is -0.235. The summed E-state index contributed by atoms with van der Waals surface area (Å²) in [7, 11) is 0. The van der Waals surface area contributed by atoms with Gasteiger partial charge in [0.1, 0.15) is 6.04 Å². The second kappa shape index (κ2) is 7.26. The van der Waals surface area contributed by atoms with Crippen LogP contribution < -0.4 is 16.0 Å². The van der Waals surface area contributed by atoms with Gasteiger partial charge in [0, 0.05) is 18.5 Å². The van der Waals surface area contributed by atoms with Gasteiger partial charge in [0.15, 0.2) is 0 Å². The molecule has 0 aromatic heterocycles. The molecule has 2 atom stereocenters. The SMILES string of the molecule is CC(=O)N[C@H](C)C(=O)N[C@@H](C)c1ccc(NC(=O)C2CC2)cc1. The number of anilines is 1. The molecule has 1 aliphatic carbocycles. The largest absolute Gasteiger partial charge is 0.348 e. The summed E-state index contributed by atoms with van der Waals surface area (Å²) < 4.78 is 0. The highest BCUT2D eigenvalue weighted by Gasteiger charge is 2.29. The third-order valence-corrected chi connectivity index (χ3v) is 3.80. The number of carbonyl (C=O) groups is 3. The first-order valence-electron chi connectivity index (χ1n) is 7.85. The van der Waals surface area contributed by atoms with Gasteiger partial charge in [-0.1, -0.05) is 12.1 Å². The van der Waals surface area contributed by atoms with Crippen LogP contribution in [0.1, 0.15) is 45.2 Å². The Labute approximate surface area is 136 Å². The number of benzene rings is 1. The van der Waals surface area contributed by atoms with Crippen LogP contribution >= 0.6 is 0 Å². The molecule has 0 bridgehead atoms. The smallest absolute Gasteiger partial charge is 0.242 e. The average Bonchev–Trinajstić information content (AvgIpc) is 3.31. The molecule has 0 heterocycles. The molecule has 23 heavy (non-hydrogen) atoms. The molecule has 1 aromatic rings. The van der Waals surface area contributed by atoms with Crippen molar-refractivity contribution in [3.8, 4) is 0 Å². The maximum absolute atomic E-state index is 12.0. The Bertz CT molecular complexity index is 594. The van der Waals surface area contributed by atoms with Gasteiger partial charge in [0.25, 0.3) is 0 Å². The Kier molecular flexibility index (Phi) is 5.36. The van der Waals surface area contributed by atoms with E-state index < -0.39 is 6.04 Å². The van der Waals surface area contributed by atoms with Gasteiger partial charge >= 0.3 is 0 Å². The fraction of sp³-hybridized carbons (Fsp3) is 0.471. The van der Waals surface area contributed by atoms with Crippen molar-refractivity contribution in [3.05, 3.63) is 29.8 Å². The van der Waals surface area contributed by atoms with Crippen LogP contribution in [0.2, 0.25) is 0 Å². The van der Waals surface area contributed by atoms with E-state index in [1.54, 1.807) is 6.92 Å². The highest BCUT2D eigenvalue weighted by molar-refractivity contribution is 5.94. The normalized spacial score (nSPS) is 16.1. The van der Waals surface area contributed by atoms with E-state index in [2.05, 4.69) is 16.0 Å². The molecular weight excluding hydrogens is 294 g/mol. The highest BCUT2D eigenvalue weighted by Crippen LogP contribution is 2.30. The quantitative estimate of drug-likeness (QED) is 0.747. The topological polar surface area (TPSA) is 87.3 Å². The number of nitrogens with one attached hydrogen (secondary N) is 3. The molecule has 3 amide bonds. The van der Waals surface area contributed by atoms with E-state index in [1.807, 2.05) is 31.2 Å². The molecule has 1 saturated carbocycles. The van der Waals surface area contributed by atoms with E-state index in [9.17, 15) is 14.4 Å². The van der Waals surface area contributed by atoms with E-state index in [0.717, 1.165) is 24.1 Å². The minimum Gasteiger partial charge on any atom is -0.348 e. The van der Waals surface area contributed by atoms with Gasteiger partial charge in [-0.15, -0.1) is 0 Å². The first-order chi connectivity index (χ1) is 10.9. The fourth-order valence-electron chi connectivity index (χ4n) is 2.24. The minimum atomic E-state index is -0.577. The molecular formula is C17H23N3O3. The van der Waals surface area contributed by atoms with Gasteiger partial charge in [-0.25, -0.2) is 0 Å². The lowest BCUT2D eigenvalue weighted by Gasteiger charge is -2.18. The Hall–Kier alpha value is -2.37. The molecule has 0 aliphatic heterocycles. The molecule has 1 aliphatic rings. The summed E-state index contributed by atoms with van der Waals surface area (Å²) in [4.78, 5) is 34.6. The summed E-state index contributed by atoms with van der Waals surface area (Å²) in [6, 6.07) is 6.64. The number of hydrogen-bond donors (Lipinski definition) is 3. The molecule has 0 radical (unpaired) electrons. The first-order valence-corrected chi connectivity index (χ1v) is 7.85. The van der Waals surface area contributed by atoms with E-state index in [4.69, 9.17) is 0 Å². The number of rotatable bonds is 6. The van der Waals surface area contributed by atoms with Crippen molar-refractivity contribution in [2.24, 2.45) is 5.92 Å². The van der Waals surface area contributed by atoms with Crippen molar-refractivity contribution in [2.75, 3.05) is 5.32 Å². The second-order valence-corrected chi connectivity index (χ2v) is 6.04. The average molecular weight is 317 g/mol. The van der Waals surface area contributed by atoms with Crippen molar-refractivity contribution in [1.29, 1.82) is 0 Å². The molecule has 6 heteroatoms. The van der Waals surface area contributed by atoms with Crippen molar-refractivity contribution >= 4 is 23.4 Å². The summed E-state index contributed by atoms with van der Waals surface area (Å²) in [6.07, 6.45) is 1.94. The van der Waals surface area contributed by atoms with Crippen LogP contribution in [0.15, 0.2) is 24.3 Å². The summed E-state index contributed by atoms with van der Waals surface area (Å²) in [6.45, 7) is 4.89. The van der Waals surface area contributed by atoms with E-state index >= 15 is 0 Å². The molecule has 0 unspecified atom stereocenters. The van der Waals surface area contributed by atoms with Gasteiger partial charge in [-0.3, -0.25) is 14.4 Å². The van der Waals surface area contributed by atoms with Crippen molar-refractivity contribution in [1.82, 2.24) is 10.6 Å². The summed E-state index contributed by atoms with van der Waals surface area (Å²) in [5.41, 5.74) is 1.69. The lowest BCUT2D eigenvalue weighted by Crippen LogP contribution is -2.44. The van der Waals surface area contributed by atoms with Gasteiger partial charge in [0.05, 0.1) is 6.04 Å². The fourth-order valence-corrected chi connectivity index (χ4v) is 2.24. The van der Waals surface area contributed by atoms with Crippen LogP contribution in [0.25, 0.3) is 0 Å². The predicted molar refractivity (Wildman–Crippen MR) is 87.6 cm³/mol. The maximum Gasteiger partial charge on any atom is 0.242 e. The number of carbonyl (C=O) groups excluding carboxylic acids is 3. The molecule has 3 N–H and O–H groups in total.